The Balaban J connectivity index is 1.70. The molecule has 0 bridgehead atoms. The molecule has 0 radical (unpaired) electrons. The van der Waals surface area contributed by atoms with Gasteiger partial charge in [-0.15, -0.1) is 0 Å². The molecule has 0 atom stereocenters. The van der Waals surface area contributed by atoms with Crippen LogP contribution in [0, 0.1) is 0 Å². The Morgan fingerprint density at radius 2 is 1.94 bits per heavy atom. The summed E-state index contributed by atoms with van der Waals surface area (Å²) < 4.78 is 0. The fourth-order valence-electron chi connectivity index (χ4n) is 2.53. The number of fused-ring (bicyclic) bond motifs is 1. The summed E-state index contributed by atoms with van der Waals surface area (Å²) in [5.74, 6) is 0.241. The molecule has 17 heavy (non-hydrogen) atoms. The number of rotatable bonds is 4. The van der Waals surface area contributed by atoms with Gasteiger partial charge in [0.05, 0.1) is 6.54 Å². The topological polar surface area (TPSA) is 29.1 Å². The van der Waals surface area contributed by atoms with Crippen LogP contribution in [0.1, 0.15) is 47.2 Å². The second-order valence-electron chi connectivity index (χ2n) is 5.27. The molecule has 0 aromatic heterocycles. The highest BCUT2D eigenvalue weighted by Crippen LogP contribution is 2.22. The maximum Gasteiger partial charge on any atom is 0.176 e. The summed E-state index contributed by atoms with van der Waals surface area (Å²) >= 11 is 0. The highest BCUT2D eigenvalue weighted by Gasteiger charge is 2.21. The standard InChI is InChI=1S/C15H19NO/c17-15(10-16-14-7-8-14)13-6-5-11-3-1-2-4-12(11)9-13/h5-6,9,14,16H,1-4,7-8,10H2. The maximum atomic E-state index is 12.0. The number of carbonyl (C=O) groups excluding carboxylic acids is 1. The first kappa shape index (κ1) is 11.0. The first-order valence-corrected chi connectivity index (χ1v) is 6.71. The zero-order valence-electron chi connectivity index (χ0n) is 10.2. The minimum absolute atomic E-state index is 0.241. The molecule has 2 aliphatic carbocycles. The van der Waals surface area contributed by atoms with Crippen LogP contribution < -0.4 is 5.32 Å². The van der Waals surface area contributed by atoms with Crippen molar-refractivity contribution >= 4 is 5.78 Å². The second-order valence-corrected chi connectivity index (χ2v) is 5.27. The van der Waals surface area contributed by atoms with Crippen LogP contribution in [-0.2, 0) is 12.8 Å². The molecular weight excluding hydrogens is 210 g/mol. The van der Waals surface area contributed by atoms with Crippen LogP contribution in [0.15, 0.2) is 18.2 Å². The monoisotopic (exact) mass is 229 g/mol. The third-order valence-corrected chi connectivity index (χ3v) is 3.80. The van der Waals surface area contributed by atoms with Gasteiger partial charge in [0.1, 0.15) is 0 Å². The van der Waals surface area contributed by atoms with Crippen molar-refractivity contribution in [1.29, 1.82) is 0 Å². The Kier molecular flexibility index (Phi) is 2.98. The van der Waals surface area contributed by atoms with Crippen LogP contribution in [-0.4, -0.2) is 18.4 Å². The van der Waals surface area contributed by atoms with Crippen molar-refractivity contribution in [3.8, 4) is 0 Å². The minimum Gasteiger partial charge on any atom is -0.307 e. The Morgan fingerprint density at radius 3 is 2.71 bits per heavy atom. The van der Waals surface area contributed by atoms with Crippen molar-refractivity contribution in [3.05, 3.63) is 34.9 Å². The number of nitrogens with one attached hydrogen (secondary N) is 1. The third kappa shape index (κ3) is 2.58. The summed E-state index contributed by atoms with van der Waals surface area (Å²) in [6.45, 7) is 0.503. The summed E-state index contributed by atoms with van der Waals surface area (Å²) in [4.78, 5) is 12.0. The molecule has 1 saturated carbocycles. The van der Waals surface area contributed by atoms with Crippen molar-refractivity contribution in [2.45, 2.75) is 44.6 Å². The molecule has 2 aliphatic rings. The Labute approximate surface area is 102 Å². The van der Waals surface area contributed by atoms with Crippen molar-refractivity contribution in [2.24, 2.45) is 0 Å². The zero-order valence-corrected chi connectivity index (χ0v) is 10.2. The SMILES string of the molecule is O=C(CNC1CC1)c1ccc2c(c1)CCCC2. The van der Waals surface area contributed by atoms with Gasteiger partial charge in [-0.05, 0) is 55.7 Å². The Morgan fingerprint density at radius 1 is 1.18 bits per heavy atom. The van der Waals surface area contributed by atoms with Crippen molar-refractivity contribution < 1.29 is 4.79 Å². The van der Waals surface area contributed by atoms with E-state index in [1.165, 1.54) is 43.2 Å². The van der Waals surface area contributed by atoms with E-state index in [9.17, 15) is 4.79 Å². The van der Waals surface area contributed by atoms with Gasteiger partial charge in [-0.3, -0.25) is 4.79 Å². The molecule has 2 nitrogen and oxygen atoms in total. The molecule has 3 rings (SSSR count). The van der Waals surface area contributed by atoms with Crippen molar-refractivity contribution in [3.63, 3.8) is 0 Å². The quantitative estimate of drug-likeness (QED) is 0.804. The molecule has 0 unspecified atom stereocenters. The molecule has 0 saturated heterocycles. The largest absolute Gasteiger partial charge is 0.307 e. The van der Waals surface area contributed by atoms with Crippen molar-refractivity contribution in [1.82, 2.24) is 5.32 Å². The molecule has 0 heterocycles. The fourth-order valence-corrected chi connectivity index (χ4v) is 2.53. The number of hydrogen-bond acceptors (Lipinski definition) is 2. The highest BCUT2D eigenvalue weighted by molar-refractivity contribution is 5.97. The first-order chi connectivity index (χ1) is 8.33. The molecule has 2 heteroatoms. The van der Waals surface area contributed by atoms with Gasteiger partial charge in [-0.25, -0.2) is 0 Å². The van der Waals surface area contributed by atoms with Crippen LogP contribution in [0.25, 0.3) is 0 Å². The van der Waals surface area contributed by atoms with E-state index >= 15 is 0 Å². The minimum atomic E-state index is 0.241. The molecular formula is C15H19NO. The second kappa shape index (κ2) is 4.61. The maximum absolute atomic E-state index is 12.0. The molecule has 1 aromatic carbocycles. The van der Waals surface area contributed by atoms with Crippen molar-refractivity contribution in [2.75, 3.05) is 6.54 Å². The third-order valence-electron chi connectivity index (χ3n) is 3.80. The summed E-state index contributed by atoms with van der Waals surface area (Å²) in [5, 5.41) is 3.29. The summed E-state index contributed by atoms with van der Waals surface area (Å²) in [6, 6.07) is 6.88. The van der Waals surface area contributed by atoms with Crippen LogP contribution >= 0.6 is 0 Å². The van der Waals surface area contributed by atoms with E-state index in [2.05, 4.69) is 17.4 Å². The van der Waals surface area contributed by atoms with Crippen LogP contribution in [0.5, 0.6) is 0 Å². The Hall–Kier alpha value is -1.15. The smallest absolute Gasteiger partial charge is 0.176 e. The van der Waals surface area contributed by atoms with Crippen LogP contribution in [0.2, 0.25) is 0 Å². The van der Waals surface area contributed by atoms with E-state index in [4.69, 9.17) is 0 Å². The van der Waals surface area contributed by atoms with Gasteiger partial charge in [-0.2, -0.15) is 0 Å². The molecule has 1 fully saturated rings. The number of aryl methyl sites for hydroxylation is 2. The van der Waals surface area contributed by atoms with E-state index in [0.717, 1.165) is 12.0 Å². The number of ketones is 1. The van der Waals surface area contributed by atoms with Gasteiger partial charge in [0.15, 0.2) is 5.78 Å². The van der Waals surface area contributed by atoms with E-state index in [1.54, 1.807) is 0 Å². The lowest BCUT2D eigenvalue weighted by Gasteiger charge is -2.16. The molecule has 1 N–H and O–H groups in total. The van der Waals surface area contributed by atoms with Gasteiger partial charge >= 0.3 is 0 Å². The van der Waals surface area contributed by atoms with Gasteiger partial charge in [0, 0.05) is 11.6 Å². The predicted molar refractivity (Wildman–Crippen MR) is 68.4 cm³/mol. The van der Waals surface area contributed by atoms with E-state index in [1.807, 2.05) is 6.07 Å². The molecule has 90 valence electrons. The van der Waals surface area contributed by atoms with Gasteiger partial charge in [-0.1, -0.05) is 12.1 Å². The van der Waals surface area contributed by atoms with E-state index in [0.29, 0.717) is 12.6 Å². The fraction of sp³-hybridized carbons (Fsp3) is 0.533. The van der Waals surface area contributed by atoms with Gasteiger partial charge in [0.25, 0.3) is 0 Å². The van der Waals surface area contributed by atoms with Crippen LogP contribution in [0.4, 0.5) is 0 Å². The number of benzene rings is 1. The molecule has 0 spiro atoms. The lowest BCUT2D eigenvalue weighted by molar-refractivity contribution is 0.0990. The molecule has 0 amide bonds. The van der Waals surface area contributed by atoms with Gasteiger partial charge in [0.2, 0.25) is 0 Å². The molecule has 0 aliphatic heterocycles. The number of Topliss-reactive ketones (excluding diaryl/α,β-unsaturated/α-hetero) is 1. The summed E-state index contributed by atoms with van der Waals surface area (Å²) in [7, 11) is 0. The highest BCUT2D eigenvalue weighted by atomic mass is 16.1. The Bertz CT molecular complexity index is 435. The van der Waals surface area contributed by atoms with E-state index < -0.39 is 0 Å². The number of hydrogen-bond donors (Lipinski definition) is 1. The number of carbonyl (C=O) groups is 1. The lowest BCUT2D eigenvalue weighted by atomic mass is 9.90. The van der Waals surface area contributed by atoms with Gasteiger partial charge < -0.3 is 5.32 Å². The van der Waals surface area contributed by atoms with Crippen LogP contribution in [0.3, 0.4) is 0 Å². The first-order valence-electron chi connectivity index (χ1n) is 6.71. The summed E-state index contributed by atoms with van der Waals surface area (Å²) in [5.41, 5.74) is 3.73. The van der Waals surface area contributed by atoms with E-state index in [-0.39, 0.29) is 5.78 Å². The lowest BCUT2D eigenvalue weighted by Crippen LogP contribution is -2.25. The zero-order chi connectivity index (χ0) is 11.7. The average Bonchev–Trinajstić information content (AvgIpc) is 3.19. The normalized spacial score (nSPS) is 18.8. The molecule has 1 aromatic rings. The predicted octanol–water partition coefficient (Wildman–Crippen LogP) is 2.50. The average molecular weight is 229 g/mol. The summed E-state index contributed by atoms with van der Waals surface area (Å²) in [6.07, 6.45) is 7.36.